The zero-order chi connectivity index (χ0) is 17.6. The number of esters is 1. The number of methoxy groups -OCH3 is 1. The molecular weight excluding hydrogens is 311 g/mol. The van der Waals surface area contributed by atoms with E-state index in [0.29, 0.717) is 12.0 Å². The molecule has 1 amide bonds. The molecule has 0 aliphatic heterocycles. The first-order valence-corrected chi connectivity index (χ1v) is 7.22. The van der Waals surface area contributed by atoms with Crippen molar-refractivity contribution >= 4 is 11.9 Å². The van der Waals surface area contributed by atoms with E-state index in [9.17, 15) is 22.8 Å². The van der Waals surface area contributed by atoms with E-state index >= 15 is 0 Å². The fraction of sp³-hybridized carbons (Fsp3) is 0.500. The Balaban J connectivity index is 2.73. The molecule has 0 aliphatic carbocycles. The lowest BCUT2D eigenvalue weighted by molar-refractivity contribution is -0.146. The highest BCUT2D eigenvalue weighted by Crippen LogP contribution is 2.29. The first-order valence-electron chi connectivity index (χ1n) is 7.22. The molecule has 0 fully saturated rings. The topological polar surface area (TPSA) is 55.4 Å². The molecule has 0 heterocycles. The van der Waals surface area contributed by atoms with Gasteiger partial charge in [0.2, 0.25) is 5.91 Å². The monoisotopic (exact) mass is 331 g/mol. The molecule has 0 saturated heterocycles. The third kappa shape index (κ3) is 5.58. The van der Waals surface area contributed by atoms with E-state index in [-0.39, 0.29) is 12.3 Å². The summed E-state index contributed by atoms with van der Waals surface area (Å²) in [6.07, 6.45) is -3.85. The first-order chi connectivity index (χ1) is 10.7. The molecule has 128 valence electrons. The van der Waals surface area contributed by atoms with Gasteiger partial charge in [-0.2, -0.15) is 13.2 Å². The Kier molecular flexibility index (Phi) is 6.60. The number of rotatable bonds is 6. The summed E-state index contributed by atoms with van der Waals surface area (Å²) in [5.41, 5.74) is -0.336. The maximum Gasteiger partial charge on any atom is 0.416 e. The SMILES string of the molecule is CC[C@H](C)[C@H](NC(=O)Cc1ccc(C(F)(F)F)cc1)C(=O)OC. The average Bonchev–Trinajstić information content (AvgIpc) is 2.50. The molecule has 0 unspecified atom stereocenters. The Morgan fingerprint density at radius 2 is 1.78 bits per heavy atom. The molecule has 1 aromatic carbocycles. The van der Waals surface area contributed by atoms with Crippen molar-refractivity contribution in [2.24, 2.45) is 5.92 Å². The quantitative estimate of drug-likeness (QED) is 0.816. The summed E-state index contributed by atoms with van der Waals surface area (Å²) >= 11 is 0. The van der Waals surface area contributed by atoms with Gasteiger partial charge in [0.1, 0.15) is 6.04 Å². The van der Waals surface area contributed by atoms with Crippen LogP contribution < -0.4 is 5.32 Å². The lowest BCUT2D eigenvalue weighted by Gasteiger charge is -2.21. The molecular formula is C16H20F3NO3. The number of nitrogens with one attached hydrogen (secondary N) is 1. The number of halogens is 3. The minimum absolute atomic E-state index is 0.109. The molecule has 0 saturated carbocycles. The van der Waals surface area contributed by atoms with Crippen molar-refractivity contribution in [2.45, 2.75) is 38.9 Å². The van der Waals surface area contributed by atoms with Gasteiger partial charge in [0.05, 0.1) is 19.1 Å². The molecule has 0 aromatic heterocycles. The van der Waals surface area contributed by atoms with Gasteiger partial charge in [-0.25, -0.2) is 4.79 Å². The first kappa shape index (κ1) is 19.0. The standard InChI is InChI=1S/C16H20F3NO3/c1-4-10(2)14(15(22)23-3)20-13(21)9-11-5-7-12(8-6-11)16(17,18)19/h5-8,10,14H,4,9H2,1-3H3,(H,20,21)/t10-,14-/m0/s1. The molecule has 0 spiro atoms. The van der Waals surface area contributed by atoms with Crippen LogP contribution in [0, 0.1) is 5.92 Å². The zero-order valence-electron chi connectivity index (χ0n) is 13.2. The molecule has 4 nitrogen and oxygen atoms in total. The summed E-state index contributed by atoms with van der Waals surface area (Å²) in [5, 5.41) is 2.58. The van der Waals surface area contributed by atoms with E-state index in [4.69, 9.17) is 0 Å². The summed E-state index contributed by atoms with van der Waals surface area (Å²) in [6.45, 7) is 3.68. The summed E-state index contributed by atoms with van der Waals surface area (Å²) in [5.74, 6) is -1.10. The second kappa shape index (κ2) is 7.99. The number of carbonyl (C=O) groups is 2. The second-order valence-electron chi connectivity index (χ2n) is 5.33. The van der Waals surface area contributed by atoms with E-state index in [0.717, 1.165) is 12.1 Å². The van der Waals surface area contributed by atoms with Crippen LogP contribution in [-0.4, -0.2) is 25.0 Å². The van der Waals surface area contributed by atoms with Gasteiger partial charge < -0.3 is 10.1 Å². The Labute approximate surface area is 133 Å². The van der Waals surface area contributed by atoms with Crippen molar-refractivity contribution in [1.82, 2.24) is 5.32 Å². The van der Waals surface area contributed by atoms with E-state index < -0.39 is 29.7 Å². The fourth-order valence-electron chi connectivity index (χ4n) is 2.02. The number of carbonyl (C=O) groups excluding carboxylic acids is 2. The highest BCUT2D eigenvalue weighted by atomic mass is 19.4. The summed E-state index contributed by atoms with van der Waals surface area (Å²) in [7, 11) is 1.24. The minimum Gasteiger partial charge on any atom is -0.467 e. The number of benzene rings is 1. The summed E-state index contributed by atoms with van der Waals surface area (Å²) in [6, 6.07) is 3.58. The molecule has 0 bridgehead atoms. The van der Waals surface area contributed by atoms with E-state index in [2.05, 4.69) is 10.1 Å². The van der Waals surface area contributed by atoms with Crippen molar-refractivity contribution < 1.29 is 27.5 Å². The van der Waals surface area contributed by atoms with Gasteiger partial charge in [0.15, 0.2) is 0 Å². The van der Waals surface area contributed by atoms with Gasteiger partial charge in [-0.3, -0.25) is 4.79 Å². The number of hydrogen-bond acceptors (Lipinski definition) is 3. The lowest BCUT2D eigenvalue weighted by Crippen LogP contribution is -2.46. The molecule has 0 aliphatic rings. The predicted octanol–water partition coefficient (Wildman–Crippen LogP) is 2.95. The van der Waals surface area contributed by atoms with Crippen LogP contribution in [0.3, 0.4) is 0 Å². The zero-order valence-corrected chi connectivity index (χ0v) is 13.2. The minimum atomic E-state index is -4.41. The Bertz CT molecular complexity index is 540. The number of amides is 1. The second-order valence-corrected chi connectivity index (χ2v) is 5.33. The fourth-order valence-corrected chi connectivity index (χ4v) is 2.02. The summed E-state index contributed by atoms with van der Waals surface area (Å²) in [4.78, 5) is 23.7. The molecule has 0 radical (unpaired) electrons. The number of hydrogen-bond donors (Lipinski definition) is 1. The number of ether oxygens (including phenoxy) is 1. The van der Waals surface area contributed by atoms with Crippen LogP contribution in [-0.2, 0) is 26.9 Å². The van der Waals surface area contributed by atoms with Crippen LogP contribution in [0.15, 0.2) is 24.3 Å². The predicted molar refractivity (Wildman–Crippen MR) is 78.5 cm³/mol. The molecule has 7 heteroatoms. The van der Waals surface area contributed by atoms with E-state index in [1.807, 2.05) is 6.92 Å². The Hall–Kier alpha value is -2.05. The largest absolute Gasteiger partial charge is 0.467 e. The van der Waals surface area contributed by atoms with Crippen LogP contribution in [0.25, 0.3) is 0 Å². The highest BCUT2D eigenvalue weighted by molar-refractivity contribution is 5.85. The van der Waals surface area contributed by atoms with Crippen molar-refractivity contribution in [3.63, 3.8) is 0 Å². The average molecular weight is 331 g/mol. The Morgan fingerprint density at radius 1 is 1.22 bits per heavy atom. The molecule has 23 heavy (non-hydrogen) atoms. The maximum absolute atomic E-state index is 12.5. The third-order valence-corrected chi connectivity index (χ3v) is 3.63. The van der Waals surface area contributed by atoms with Crippen molar-refractivity contribution in [1.29, 1.82) is 0 Å². The normalized spacial score (nSPS) is 14.0. The van der Waals surface area contributed by atoms with Gasteiger partial charge in [0, 0.05) is 0 Å². The third-order valence-electron chi connectivity index (χ3n) is 3.63. The van der Waals surface area contributed by atoms with Gasteiger partial charge in [-0.15, -0.1) is 0 Å². The van der Waals surface area contributed by atoms with Crippen LogP contribution in [0.1, 0.15) is 31.4 Å². The molecule has 1 rings (SSSR count). The van der Waals surface area contributed by atoms with Crippen LogP contribution in [0.2, 0.25) is 0 Å². The highest BCUT2D eigenvalue weighted by Gasteiger charge is 2.30. The van der Waals surface area contributed by atoms with Crippen LogP contribution in [0.4, 0.5) is 13.2 Å². The van der Waals surface area contributed by atoms with Crippen molar-refractivity contribution in [3.05, 3.63) is 35.4 Å². The van der Waals surface area contributed by atoms with Crippen LogP contribution in [0.5, 0.6) is 0 Å². The lowest BCUT2D eigenvalue weighted by atomic mass is 9.98. The van der Waals surface area contributed by atoms with E-state index in [1.165, 1.54) is 19.2 Å². The van der Waals surface area contributed by atoms with E-state index in [1.54, 1.807) is 6.92 Å². The van der Waals surface area contributed by atoms with Crippen LogP contribution >= 0.6 is 0 Å². The molecule has 2 atom stereocenters. The van der Waals surface area contributed by atoms with Gasteiger partial charge >= 0.3 is 12.1 Å². The molecule has 1 N–H and O–H groups in total. The van der Waals surface area contributed by atoms with Crippen molar-refractivity contribution in [2.75, 3.05) is 7.11 Å². The van der Waals surface area contributed by atoms with Gasteiger partial charge in [0.25, 0.3) is 0 Å². The maximum atomic E-state index is 12.5. The smallest absolute Gasteiger partial charge is 0.416 e. The van der Waals surface area contributed by atoms with Gasteiger partial charge in [-0.1, -0.05) is 32.4 Å². The summed E-state index contributed by atoms with van der Waals surface area (Å²) < 4.78 is 42.1. The van der Waals surface area contributed by atoms with Crippen molar-refractivity contribution in [3.8, 4) is 0 Å². The number of alkyl halides is 3. The van der Waals surface area contributed by atoms with Gasteiger partial charge in [-0.05, 0) is 23.6 Å². The Morgan fingerprint density at radius 3 is 2.22 bits per heavy atom. The molecule has 1 aromatic rings.